The summed E-state index contributed by atoms with van der Waals surface area (Å²) in [5, 5.41) is 27.1. The molecule has 0 saturated heterocycles. The number of hydrogen-bond acceptors (Lipinski definition) is 7. The van der Waals surface area contributed by atoms with Gasteiger partial charge in [-0.15, -0.1) is 10.2 Å². The molecule has 2 aromatic heterocycles. The Bertz CT molecular complexity index is 1810. The van der Waals surface area contributed by atoms with Crippen molar-refractivity contribution in [1.82, 2.24) is 30.0 Å². The zero-order valence-electron chi connectivity index (χ0n) is 23.8. The Hall–Kier alpha value is -4.57. The maximum Gasteiger partial charge on any atom is 0.416 e. The lowest BCUT2D eigenvalue weighted by Gasteiger charge is -2.16. The molecule has 1 atom stereocenters. The zero-order valence-corrected chi connectivity index (χ0v) is 26.9. The number of amides is 1. The Morgan fingerprint density at radius 3 is 1.96 bits per heavy atom. The molecular formula is C29H24Br2F3N7O4. The van der Waals surface area contributed by atoms with E-state index in [1.54, 1.807) is 38.1 Å². The van der Waals surface area contributed by atoms with Crippen molar-refractivity contribution in [3.05, 3.63) is 110 Å². The quantitative estimate of drug-likeness (QED) is 0.180. The Balaban J connectivity index is 0.000000242. The first kappa shape index (κ1) is 33.3. The van der Waals surface area contributed by atoms with E-state index in [2.05, 4.69) is 57.8 Å². The molecule has 5 rings (SSSR count). The highest BCUT2D eigenvalue weighted by Crippen LogP contribution is 2.31. The van der Waals surface area contributed by atoms with Gasteiger partial charge in [0, 0.05) is 8.95 Å². The Kier molecular flexibility index (Phi) is 10.4. The van der Waals surface area contributed by atoms with Gasteiger partial charge >= 0.3 is 18.2 Å². The molecule has 234 valence electrons. The normalized spacial score (nSPS) is 11.7. The maximum absolute atomic E-state index is 12.9. The fraction of sp³-hybridized carbons (Fsp3) is 0.172. The van der Waals surface area contributed by atoms with Crippen molar-refractivity contribution in [2.45, 2.75) is 33.1 Å². The molecule has 0 saturated carbocycles. The first-order valence-electron chi connectivity index (χ1n) is 13.0. The topological polar surface area (TPSA) is 137 Å². The van der Waals surface area contributed by atoms with Crippen molar-refractivity contribution >= 4 is 49.7 Å². The molecule has 0 aliphatic carbocycles. The molecular weight excluding hydrogens is 727 g/mol. The number of carbonyl (C=O) groups excluding carboxylic acids is 1. The van der Waals surface area contributed by atoms with Crippen LogP contribution in [0.25, 0.3) is 11.4 Å². The van der Waals surface area contributed by atoms with Crippen LogP contribution in [0, 0.1) is 13.8 Å². The van der Waals surface area contributed by atoms with E-state index >= 15 is 0 Å². The van der Waals surface area contributed by atoms with Crippen molar-refractivity contribution in [2.24, 2.45) is 0 Å². The van der Waals surface area contributed by atoms with Gasteiger partial charge in [0.25, 0.3) is 0 Å². The molecule has 0 radical (unpaired) electrons. The summed E-state index contributed by atoms with van der Waals surface area (Å²) in [6.45, 7) is 4.77. The van der Waals surface area contributed by atoms with Crippen LogP contribution in [0.1, 0.15) is 46.0 Å². The molecule has 0 fully saturated rings. The molecule has 0 unspecified atom stereocenters. The van der Waals surface area contributed by atoms with E-state index in [0.717, 1.165) is 21.1 Å². The third-order valence-corrected chi connectivity index (χ3v) is 7.27. The molecule has 11 nitrogen and oxygen atoms in total. The number of nitrogens with zero attached hydrogens (tertiary/aromatic N) is 6. The van der Waals surface area contributed by atoms with Crippen LogP contribution in [-0.2, 0) is 10.9 Å². The van der Waals surface area contributed by atoms with E-state index in [4.69, 9.17) is 9.84 Å². The molecule has 5 aromatic rings. The third-order valence-electron chi connectivity index (χ3n) is 6.21. The van der Waals surface area contributed by atoms with E-state index in [9.17, 15) is 22.8 Å². The molecule has 45 heavy (non-hydrogen) atoms. The highest BCUT2D eigenvalue weighted by molar-refractivity contribution is 9.10. The monoisotopic (exact) mass is 749 g/mol. The number of benzene rings is 3. The number of rotatable bonds is 6. The summed E-state index contributed by atoms with van der Waals surface area (Å²) in [6.07, 6.45) is -6.20. The average molecular weight is 751 g/mol. The van der Waals surface area contributed by atoms with E-state index < -0.39 is 29.9 Å². The fourth-order valence-electron chi connectivity index (χ4n) is 3.95. The van der Waals surface area contributed by atoms with Gasteiger partial charge in [0.05, 0.1) is 22.6 Å². The molecule has 2 heterocycles. The second-order valence-corrected chi connectivity index (χ2v) is 11.3. The van der Waals surface area contributed by atoms with Crippen LogP contribution in [0.3, 0.4) is 0 Å². The van der Waals surface area contributed by atoms with Crippen LogP contribution >= 0.6 is 31.9 Å². The van der Waals surface area contributed by atoms with Crippen LogP contribution in [0.5, 0.6) is 0 Å². The van der Waals surface area contributed by atoms with Crippen molar-refractivity contribution in [3.8, 4) is 11.4 Å². The van der Waals surface area contributed by atoms with E-state index in [1.807, 2.05) is 24.3 Å². The molecule has 3 aromatic carbocycles. The largest absolute Gasteiger partial charge is 0.476 e. The first-order chi connectivity index (χ1) is 21.2. The minimum absolute atomic E-state index is 0.0855. The van der Waals surface area contributed by atoms with Gasteiger partial charge in [0.1, 0.15) is 11.8 Å². The van der Waals surface area contributed by atoms with Gasteiger partial charge < -0.3 is 9.84 Å². The summed E-state index contributed by atoms with van der Waals surface area (Å²) in [5.41, 5.74) is 1.69. The van der Waals surface area contributed by atoms with Crippen molar-refractivity contribution < 1.29 is 32.6 Å². The van der Waals surface area contributed by atoms with Crippen molar-refractivity contribution in [2.75, 3.05) is 5.32 Å². The minimum Gasteiger partial charge on any atom is -0.476 e. The Morgan fingerprint density at radius 2 is 1.40 bits per heavy atom. The summed E-state index contributed by atoms with van der Waals surface area (Å²) in [7, 11) is 0. The van der Waals surface area contributed by atoms with Gasteiger partial charge in [-0.3, -0.25) is 5.32 Å². The lowest BCUT2D eigenvalue weighted by Crippen LogP contribution is -2.19. The first-order valence-corrected chi connectivity index (χ1v) is 14.6. The number of alkyl halides is 3. The van der Waals surface area contributed by atoms with Crippen LogP contribution in [-0.4, -0.2) is 47.2 Å². The smallest absolute Gasteiger partial charge is 0.416 e. The van der Waals surface area contributed by atoms with Gasteiger partial charge in [-0.25, -0.2) is 14.3 Å². The molecule has 0 spiro atoms. The Morgan fingerprint density at radius 1 is 0.867 bits per heavy atom. The molecule has 1 amide bonds. The highest BCUT2D eigenvalue weighted by atomic mass is 79.9. The second kappa shape index (κ2) is 14.0. The van der Waals surface area contributed by atoms with Gasteiger partial charge in [0.15, 0.2) is 11.5 Å². The van der Waals surface area contributed by atoms with Crippen LogP contribution in [0.4, 0.5) is 23.8 Å². The number of hydrogen-bond donors (Lipinski definition) is 2. The zero-order chi connectivity index (χ0) is 32.9. The van der Waals surface area contributed by atoms with Crippen molar-refractivity contribution in [1.29, 1.82) is 0 Å². The van der Waals surface area contributed by atoms with Crippen LogP contribution in [0.2, 0.25) is 0 Å². The van der Waals surface area contributed by atoms with Crippen LogP contribution in [0.15, 0.2) is 81.7 Å². The number of aryl methyl sites for hydroxylation is 2. The third kappa shape index (κ3) is 8.33. The standard InChI is InChI=1S/C19H16BrF3N4O2.C10H8BrN3O2/c1-11-17(27(26-25-11)16-8-6-15(20)7-9-16)24-18(28)29-12(2)13-4-3-5-14(10-13)19(21,22)23;1-6-9(10(15)16)14(13-12-6)8-4-2-7(11)3-5-8/h3-10,12H,1-2H3,(H,24,28);2-5H,1H3,(H,15,16)/t12-;/m1./s1. The van der Waals surface area contributed by atoms with Crippen LogP contribution < -0.4 is 5.32 Å². The number of aromatic nitrogens is 6. The minimum atomic E-state index is -4.47. The molecule has 16 heteroatoms. The summed E-state index contributed by atoms with van der Waals surface area (Å²) < 4.78 is 48.4. The number of carbonyl (C=O) groups is 2. The number of carboxylic acids is 1. The maximum atomic E-state index is 12.9. The van der Waals surface area contributed by atoms with E-state index in [1.165, 1.54) is 28.4 Å². The van der Waals surface area contributed by atoms with E-state index in [0.29, 0.717) is 28.6 Å². The summed E-state index contributed by atoms with van der Waals surface area (Å²) in [6, 6.07) is 19.0. The lowest BCUT2D eigenvalue weighted by atomic mass is 10.1. The SMILES string of the molecule is Cc1nnn(-c2ccc(Br)cc2)c1C(=O)O.Cc1nnn(-c2ccc(Br)cc2)c1NC(=O)O[C@H](C)c1cccc(C(F)(F)F)c1. The summed E-state index contributed by atoms with van der Waals surface area (Å²) >= 11 is 6.65. The second-order valence-electron chi connectivity index (χ2n) is 9.42. The summed E-state index contributed by atoms with van der Waals surface area (Å²) in [4.78, 5) is 23.4. The van der Waals surface area contributed by atoms with Gasteiger partial charge in [-0.05, 0) is 87.0 Å². The number of ether oxygens (including phenoxy) is 1. The molecule has 2 N–H and O–H groups in total. The Labute approximate surface area is 271 Å². The number of nitrogens with one attached hydrogen (secondary N) is 1. The number of anilines is 1. The average Bonchev–Trinajstić information content (AvgIpc) is 3.56. The number of aromatic carboxylic acids is 1. The van der Waals surface area contributed by atoms with Gasteiger partial charge in [-0.1, -0.05) is 54.4 Å². The highest BCUT2D eigenvalue weighted by Gasteiger charge is 2.31. The number of halogens is 5. The van der Waals surface area contributed by atoms with E-state index in [-0.39, 0.29) is 11.3 Å². The number of carboxylic acid groups (broad SMARTS) is 1. The molecule has 0 bridgehead atoms. The van der Waals surface area contributed by atoms with Gasteiger partial charge in [0.2, 0.25) is 0 Å². The fourth-order valence-corrected chi connectivity index (χ4v) is 4.48. The van der Waals surface area contributed by atoms with Gasteiger partial charge in [-0.2, -0.15) is 17.9 Å². The predicted octanol–water partition coefficient (Wildman–Crippen LogP) is 7.70. The molecule has 0 aliphatic rings. The summed E-state index contributed by atoms with van der Waals surface area (Å²) in [5.74, 6) is -0.737. The lowest BCUT2D eigenvalue weighted by molar-refractivity contribution is -0.137. The van der Waals surface area contributed by atoms with Crippen molar-refractivity contribution in [3.63, 3.8) is 0 Å². The molecule has 0 aliphatic heterocycles. The predicted molar refractivity (Wildman–Crippen MR) is 165 cm³/mol.